The van der Waals surface area contributed by atoms with Crippen LogP contribution in [0.1, 0.15) is 17.4 Å². The lowest BCUT2D eigenvalue weighted by Crippen LogP contribution is -2.27. The van der Waals surface area contributed by atoms with Crippen molar-refractivity contribution < 1.29 is 14.7 Å². The monoisotopic (exact) mass is 301 g/mol. The summed E-state index contributed by atoms with van der Waals surface area (Å²) >= 11 is 5.78. The van der Waals surface area contributed by atoms with E-state index in [2.05, 4.69) is 20.3 Å². The number of carboxylic acid groups (broad SMARTS) is 1. The van der Waals surface area contributed by atoms with Gasteiger partial charge in [0.05, 0.1) is 0 Å². The van der Waals surface area contributed by atoms with Crippen molar-refractivity contribution in [2.75, 3.05) is 11.1 Å². The second-order valence-corrected chi connectivity index (χ2v) is 4.00. The maximum Gasteiger partial charge on any atom is 0.325 e. The number of nitrogens with two attached hydrogens (primary N) is 3. The number of nitrogens with zero attached hydrogens (tertiary/aromatic N) is 3. The summed E-state index contributed by atoms with van der Waals surface area (Å²) in [4.78, 5) is 33.0. The van der Waals surface area contributed by atoms with Crippen molar-refractivity contribution in [3.05, 3.63) is 10.8 Å². The first-order chi connectivity index (χ1) is 9.22. The topological polar surface area (TPSA) is 183 Å². The minimum atomic E-state index is -1.12. The van der Waals surface area contributed by atoms with Crippen molar-refractivity contribution in [3.8, 4) is 0 Å². The van der Waals surface area contributed by atoms with Crippen LogP contribution in [0.2, 0.25) is 5.15 Å². The molecule has 0 spiro atoms. The number of aromatic nitrogens is 2. The van der Waals surface area contributed by atoms with Gasteiger partial charge in [-0.3, -0.25) is 9.59 Å². The van der Waals surface area contributed by atoms with Gasteiger partial charge in [0.15, 0.2) is 28.4 Å². The van der Waals surface area contributed by atoms with Crippen LogP contribution in [0.3, 0.4) is 0 Å². The van der Waals surface area contributed by atoms with Crippen LogP contribution in [0.15, 0.2) is 4.99 Å². The molecule has 8 N–H and O–H groups in total. The maximum absolute atomic E-state index is 11.6. The standard InChI is InChI=1S/C9H12ClN7O3/c1-2(8(19)20)14-6-4(10)15-3(5(11)16-6)7(18)17-9(12)13/h2H,1H3,(H,19,20)(H3,11,14,16)(H4,12,13,17,18). The van der Waals surface area contributed by atoms with Crippen molar-refractivity contribution in [1.29, 1.82) is 0 Å². The van der Waals surface area contributed by atoms with Gasteiger partial charge < -0.3 is 27.6 Å². The molecule has 0 radical (unpaired) electrons. The third-order valence-corrected chi connectivity index (χ3v) is 2.30. The molecule has 0 aromatic carbocycles. The lowest BCUT2D eigenvalue weighted by atomic mass is 10.3. The zero-order chi connectivity index (χ0) is 15.4. The van der Waals surface area contributed by atoms with Crippen LogP contribution in [0.25, 0.3) is 0 Å². The highest BCUT2D eigenvalue weighted by molar-refractivity contribution is 6.32. The number of aliphatic carboxylic acids is 1. The number of nitrogens with one attached hydrogen (secondary N) is 1. The van der Waals surface area contributed by atoms with Crippen molar-refractivity contribution in [1.82, 2.24) is 9.97 Å². The Morgan fingerprint density at radius 3 is 2.50 bits per heavy atom. The number of rotatable bonds is 4. The first-order valence-electron chi connectivity index (χ1n) is 5.18. The molecule has 10 nitrogen and oxygen atoms in total. The van der Waals surface area contributed by atoms with Crippen LogP contribution < -0.4 is 22.5 Å². The number of hydrogen-bond acceptors (Lipinski definition) is 6. The second kappa shape index (κ2) is 6.02. The maximum atomic E-state index is 11.6. The van der Waals surface area contributed by atoms with Crippen molar-refractivity contribution >= 4 is 41.1 Å². The largest absolute Gasteiger partial charge is 0.480 e. The number of guanidine groups is 1. The van der Waals surface area contributed by atoms with Gasteiger partial charge in [-0.2, -0.15) is 4.99 Å². The summed E-state index contributed by atoms with van der Waals surface area (Å²) in [6.45, 7) is 1.37. The Kier molecular flexibility index (Phi) is 4.64. The van der Waals surface area contributed by atoms with Gasteiger partial charge in [-0.25, -0.2) is 9.97 Å². The van der Waals surface area contributed by atoms with Crippen LogP contribution in [0.4, 0.5) is 11.6 Å². The number of hydrogen-bond donors (Lipinski definition) is 5. The summed E-state index contributed by atoms with van der Waals surface area (Å²) in [6, 6.07) is -0.972. The molecule has 1 amide bonds. The molecule has 108 valence electrons. The highest BCUT2D eigenvalue weighted by Gasteiger charge is 2.19. The SMILES string of the molecule is CC(Nc1nc(N)c(C(=O)N=C(N)N)nc1Cl)C(=O)O. The molecule has 20 heavy (non-hydrogen) atoms. The van der Waals surface area contributed by atoms with Crippen LogP contribution in [-0.2, 0) is 4.79 Å². The van der Waals surface area contributed by atoms with Crippen LogP contribution in [-0.4, -0.2) is 39.0 Å². The average molecular weight is 302 g/mol. The first-order valence-corrected chi connectivity index (χ1v) is 5.56. The molecule has 0 aliphatic carbocycles. The number of nitrogen functional groups attached to an aromatic ring is 1. The van der Waals surface area contributed by atoms with E-state index in [9.17, 15) is 9.59 Å². The van der Waals surface area contributed by atoms with Gasteiger partial charge in [0.25, 0.3) is 0 Å². The number of anilines is 2. The van der Waals surface area contributed by atoms with Crippen LogP contribution >= 0.6 is 11.6 Å². The van der Waals surface area contributed by atoms with Gasteiger partial charge in [-0.15, -0.1) is 0 Å². The van der Waals surface area contributed by atoms with E-state index in [1.165, 1.54) is 6.92 Å². The lowest BCUT2D eigenvalue weighted by Gasteiger charge is -2.12. The fourth-order valence-corrected chi connectivity index (χ4v) is 1.30. The number of carboxylic acids is 1. The van der Waals surface area contributed by atoms with Gasteiger partial charge >= 0.3 is 11.9 Å². The summed E-state index contributed by atoms with van der Waals surface area (Å²) in [5.41, 5.74) is 15.3. The smallest absolute Gasteiger partial charge is 0.325 e. The summed E-state index contributed by atoms with van der Waals surface area (Å²) in [6.07, 6.45) is 0. The van der Waals surface area contributed by atoms with Gasteiger partial charge in [-0.1, -0.05) is 11.6 Å². The summed E-state index contributed by atoms with van der Waals surface area (Å²) in [5, 5.41) is 11.0. The Hall–Kier alpha value is -2.62. The Labute approximate surface area is 118 Å². The normalized spacial score (nSPS) is 11.5. The van der Waals surface area contributed by atoms with Gasteiger partial charge in [0, 0.05) is 0 Å². The van der Waals surface area contributed by atoms with Gasteiger partial charge in [-0.05, 0) is 6.92 Å². The molecule has 1 aromatic rings. The Bertz CT molecular complexity index is 585. The molecule has 0 saturated carbocycles. The molecular weight excluding hydrogens is 290 g/mol. The molecule has 1 rings (SSSR count). The third-order valence-electron chi connectivity index (χ3n) is 2.04. The van der Waals surface area contributed by atoms with E-state index >= 15 is 0 Å². The lowest BCUT2D eigenvalue weighted by molar-refractivity contribution is -0.137. The molecule has 0 aliphatic rings. The minimum absolute atomic E-state index is 0.0692. The number of halogens is 1. The Morgan fingerprint density at radius 2 is 2.00 bits per heavy atom. The van der Waals surface area contributed by atoms with Crippen molar-refractivity contribution in [2.45, 2.75) is 13.0 Å². The van der Waals surface area contributed by atoms with E-state index < -0.39 is 23.9 Å². The number of carbonyl (C=O) groups excluding carboxylic acids is 1. The van der Waals surface area contributed by atoms with E-state index in [-0.39, 0.29) is 22.5 Å². The third kappa shape index (κ3) is 3.68. The minimum Gasteiger partial charge on any atom is -0.480 e. The molecule has 0 aliphatic heterocycles. The molecule has 1 aromatic heterocycles. The fourth-order valence-electron chi connectivity index (χ4n) is 1.11. The van der Waals surface area contributed by atoms with E-state index in [0.29, 0.717) is 0 Å². The molecule has 1 atom stereocenters. The van der Waals surface area contributed by atoms with Gasteiger partial charge in [0.2, 0.25) is 0 Å². The Morgan fingerprint density at radius 1 is 1.40 bits per heavy atom. The molecule has 0 bridgehead atoms. The number of carbonyl (C=O) groups is 2. The molecule has 1 heterocycles. The quantitative estimate of drug-likeness (QED) is 0.344. The average Bonchev–Trinajstić information content (AvgIpc) is 2.32. The highest BCUT2D eigenvalue weighted by Crippen LogP contribution is 2.21. The second-order valence-electron chi connectivity index (χ2n) is 3.64. The molecule has 0 saturated heterocycles. The molecule has 11 heteroatoms. The van der Waals surface area contributed by atoms with E-state index in [1.54, 1.807) is 0 Å². The van der Waals surface area contributed by atoms with Crippen LogP contribution in [0.5, 0.6) is 0 Å². The van der Waals surface area contributed by atoms with E-state index in [4.69, 9.17) is 33.9 Å². The van der Waals surface area contributed by atoms with E-state index in [1.807, 2.05) is 0 Å². The summed E-state index contributed by atoms with van der Waals surface area (Å²) < 4.78 is 0. The van der Waals surface area contributed by atoms with Crippen molar-refractivity contribution in [3.63, 3.8) is 0 Å². The summed E-state index contributed by atoms with van der Waals surface area (Å²) in [7, 11) is 0. The first kappa shape index (κ1) is 15.4. The highest BCUT2D eigenvalue weighted by atomic mass is 35.5. The molecule has 1 unspecified atom stereocenters. The molecule has 0 fully saturated rings. The number of aliphatic imine (C=N–C) groups is 1. The fraction of sp³-hybridized carbons (Fsp3) is 0.222. The zero-order valence-electron chi connectivity index (χ0n) is 10.3. The Balaban J connectivity index is 3.12. The predicted octanol–water partition coefficient (Wildman–Crippen LogP) is -0.989. The molecular formula is C9H12ClN7O3. The van der Waals surface area contributed by atoms with Crippen molar-refractivity contribution in [2.24, 2.45) is 16.5 Å². The number of amides is 1. The predicted molar refractivity (Wildman–Crippen MR) is 72.3 cm³/mol. The van der Waals surface area contributed by atoms with E-state index in [0.717, 1.165) is 0 Å². The zero-order valence-corrected chi connectivity index (χ0v) is 11.0. The van der Waals surface area contributed by atoms with Crippen LogP contribution in [0, 0.1) is 0 Å². The van der Waals surface area contributed by atoms with Gasteiger partial charge in [0.1, 0.15) is 6.04 Å². The summed E-state index contributed by atoms with van der Waals surface area (Å²) in [5.74, 6) is -2.85.